The van der Waals surface area contributed by atoms with Crippen molar-refractivity contribution in [2.45, 2.75) is 89.9 Å². The summed E-state index contributed by atoms with van der Waals surface area (Å²) in [6.45, 7) is 1.77. The van der Waals surface area contributed by atoms with Gasteiger partial charge in [-0.05, 0) is 37.5 Å². The van der Waals surface area contributed by atoms with Crippen LogP contribution in [0.5, 0.6) is 0 Å². The summed E-state index contributed by atoms with van der Waals surface area (Å²) in [7, 11) is 3.48. The quantitative estimate of drug-likeness (QED) is 0.169. The van der Waals surface area contributed by atoms with Gasteiger partial charge in [0.15, 0.2) is 0 Å². The Labute approximate surface area is 181 Å². The van der Waals surface area contributed by atoms with Crippen molar-refractivity contribution in [3.05, 3.63) is 0 Å². The molecule has 0 aromatic carbocycles. The van der Waals surface area contributed by atoms with E-state index in [1.54, 1.807) is 21.6 Å². The third kappa shape index (κ3) is 11.6. The summed E-state index contributed by atoms with van der Waals surface area (Å²) in [5.41, 5.74) is 12.1. The maximum Gasteiger partial charge on any atom is 0.105 e. The number of amidine groups is 2. The first-order valence-electron chi connectivity index (χ1n) is 11.6. The number of rotatable bonds is 13. The topological polar surface area (TPSA) is 76.8 Å². The van der Waals surface area contributed by atoms with Gasteiger partial charge in [0.05, 0.1) is 11.5 Å². The molecule has 6 heteroatoms. The first-order valence-corrected chi connectivity index (χ1v) is 14.0. The Morgan fingerprint density at radius 1 is 0.643 bits per heavy atom. The highest BCUT2D eigenvalue weighted by atomic mass is 33.1. The van der Waals surface area contributed by atoms with E-state index in [9.17, 15) is 0 Å². The Morgan fingerprint density at radius 3 is 1.43 bits per heavy atom. The van der Waals surface area contributed by atoms with Crippen molar-refractivity contribution in [1.82, 2.24) is 0 Å². The summed E-state index contributed by atoms with van der Waals surface area (Å²) < 4.78 is 0. The molecule has 0 amide bonds. The van der Waals surface area contributed by atoms with Crippen LogP contribution in [-0.2, 0) is 0 Å². The van der Waals surface area contributed by atoms with Crippen LogP contribution in [0.1, 0.15) is 89.9 Å². The van der Waals surface area contributed by atoms with Crippen molar-refractivity contribution in [2.75, 3.05) is 24.6 Å². The monoisotopic (exact) mass is 426 g/mol. The maximum absolute atomic E-state index is 6.03. The van der Waals surface area contributed by atoms with Gasteiger partial charge < -0.3 is 11.5 Å². The molecule has 0 unspecified atom stereocenters. The van der Waals surface area contributed by atoms with E-state index in [1.165, 1.54) is 89.9 Å². The van der Waals surface area contributed by atoms with E-state index >= 15 is 0 Å². The second-order valence-electron chi connectivity index (χ2n) is 8.56. The van der Waals surface area contributed by atoms with E-state index in [0.717, 1.165) is 48.1 Å². The Balaban J connectivity index is 1.43. The highest BCUT2D eigenvalue weighted by molar-refractivity contribution is 8.77. The lowest BCUT2D eigenvalue weighted by atomic mass is 9.86. The average Bonchev–Trinajstić information content (AvgIpc) is 2.73. The van der Waals surface area contributed by atoms with Crippen molar-refractivity contribution in [3.8, 4) is 0 Å². The summed E-state index contributed by atoms with van der Waals surface area (Å²) in [6.07, 6.45) is 19.3. The second-order valence-corrected chi connectivity index (χ2v) is 11.0. The second kappa shape index (κ2) is 15.5. The summed E-state index contributed by atoms with van der Waals surface area (Å²) in [6, 6.07) is 0. The van der Waals surface area contributed by atoms with Gasteiger partial charge in [0.1, 0.15) is 11.7 Å². The van der Waals surface area contributed by atoms with Gasteiger partial charge in [-0.2, -0.15) is 0 Å². The van der Waals surface area contributed by atoms with E-state index in [0.29, 0.717) is 0 Å². The highest BCUT2D eigenvalue weighted by Gasteiger charge is 2.13. The standard InChI is InChI=1S/C22H42N4S2/c23-21(25-15-7-13-19-9-3-1-4-10-19)17-27-28-18-22(24)26-16-8-14-20-11-5-2-6-12-20/h19-20H,1-18H2,(H2,23,25)(H2,24,26). The first-order chi connectivity index (χ1) is 13.7. The van der Waals surface area contributed by atoms with Crippen molar-refractivity contribution in [2.24, 2.45) is 33.3 Å². The zero-order chi connectivity index (χ0) is 19.9. The minimum Gasteiger partial charge on any atom is -0.387 e. The number of hydrogen-bond acceptors (Lipinski definition) is 4. The Bertz CT molecular complexity index is 413. The van der Waals surface area contributed by atoms with Crippen LogP contribution in [-0.4, -0.2) is 36.3 Å². The fourth-order valence-electron chi connectivity index (χ4n) is 4.45. The average molecular weight is 427 g/mol. The largest absolute Gasteiger partial charge is 0.387 e. The summed E-state index contributed by atoms with van der Waals surface area (Å²) >= 11 is 0. The smallest absolute Gasteiger partial charge is 0.105 e. The Morgan fingerprint density at radius 2 is 1.04 bits per heavy atom. The molecule has 4 N–H and O–H groups in total. The summed E-state index contributed by atoms with van der Waals surface area (Å²) in [4.78, 5) is 9.06. The van der Waals surface area contributed by atoms with E-state index in [-0.39, 0.29) is 0 Å². The predicted molar refractivity (Wildman–Crippen MR) is 130 cm³/mol. The summed E-state index contributed by atoms with van der Waals surface area (Å²) in [5, 5.41) is 0. The van der Waals surface area contributed by atoms with Gasteiger partial charge in [-0.15, -0.1) is 0 Å². The number of aliphatic imine (C=N–C) groups is 2. The van der Waals surface area contributed by atoms with Crippen molar-refractivity contribution in [1.29, 1.82) is 0 Å². The molecule has 4 nitrogen and oxygen atoms in total. The molecule has 162 valence electrons. The van der Waals surface area contributed by atoms with Crippen molar-refractivity contribution < 1.29 is 0 Å². The van der Waals surface area contributed by atoms with Gasteiger partial charge in [-0.3, -0.25) is 9.98 Å². The maximum atomic E-state index is 6.03. The molecule has 2 aliphatic rings. The predicted octanol–water partition coefficient (Wildman–Crippen LogP) is 5.80. The molecule has 0 atom stereocenters. The molecule has 0 bridgehead atoms. The van der Waals surface area contributed by atoms with Crippen molar-refractivity contribution >= 4 is 33.3 Å². The van der Waals surface area contributed by atoms with Crippen LogP contribution in [0, 0.1) is 11.8 Å². The highest BCUT2D eigenvalue weighted by Crippen LogP contribution is 2.28. The molecule has 0 aromatic heterocycles. The molecule has 0 heterocycles. The molecular formula is C22H42N4S2. The molecule has 28 heavy (non-hydrogen) atoms. The molecule has 2 rings (SSSR count). The lowest BCUT2D eigenvalue weighted by molar-refractivity contribution is 0.334. The lowest BCUT2D eigenvalue weighted by Crippen LogP contribution is -2.17. The van der Waals surface area contributed by atoms with Crippen molar-refractivity contribution in [3.63, 3.8) is 0 Å². The fraction of sp³-hybridized carbons (Fsp3) is 0.909. The minimum absolute atomic E-state index is 0.768. The molecule has 2 fully saturated rings. The fourth-order valence-corrected chi connectivity index (χ4v) is 6.27. The zero-order valence-electron chi connectivity index (χ0n) is 17.7. The van der Waals surface area contributed by atoms with E-state index < -0.39 is 0 Å². The molecule has 0 radical (unpaired) electrons. The molecule has 0 spiro atoms. The van der Waals surface area contributed by atoms with Crippen LogP contribution in [0.25, 0.3) is 0 Å². The normalized spacial score (nSPS) is 20.6. The van der Waals surface area contributed by atoms with Crippen LogP contribution >= 0.6 is 21.6 Å². The molecule has 0 aliphatic heterocycles. The van der Waals surface area contributed by atoms with Crippen LogP contribution in [0.2, 0.25) is 0 Å². The van der Waals surface area contributed by atoms with Gasteiger partial charge in [-0.25, -0.2) is 0 Å². The van der Waals surface area contributed by atoms with Crippen LogP contribution in [0.3, 0.4) is 0 Å². The van der Waals surface area contributed by atoms with E-state index in [2.05, 4.69) is 9.98 Å². The third-order valence-corrected chi connectivity index (χ3v) is 8.32. The Kier molecular flexibility index (Phi) is 13.2. The SMILES string of the molecule is NC(CSSCC(N)=NCCCC1CCCCC1)=NCCCC1CCCCC1. The van der Waals surface area contributed by atoms with Gasteiger partial charge in [0, 0.05) is 13.1 Å². The molecular weight excluding hydrogens is 384 g/mol. The van der Waals surface area contributed by atoms with Crippen LogP contribution in [0.15, 0.2) is 9.98 Å². The van der Waals surface area contributed by atoms with E-state index in [4.69, 9.17) is 11.5 Å². The lowest BCUT2D eigenvalue weighted by Gasteiger charge is -2.20. The third-order valence-electron chi connectivity index (χ3n) is 6.12. The molecule has 2 aliphatic carbocycles. The molecule has 2 saturated carbocycles. The van der Waals surface area contributed by atoms with Crippen LogP contribution < -0.4 is 11.5 Å². The van der Waals surface area contributed by atoms with Gasteiger partial charge in [0.2, 0.25) is 0 Å². The Hall–Kier alpha value is -0.360. The van der Waals surface area contributed by atoms with Gasteiger partial charge in [0.25, 0.3) is 0 Å². The minimum atomic E-state index is 0.768. The van der Waals surface area contributed by atoms with Crippen LogP contribution in [0.4, 0.5) is 0 Å². The van der Waals surface area contributed by atoms with E-state index in [1.807, 2.05) is 0 Å². The zero-order valence-corrected chi connectivity index (χ0v) is 19.4. The molecule has 0 saturated heterocycles. The number of nitrogens with zero attached hydrogens (tertiary/aromatic N) is 2. The number of hydrogen-bond donors (Lipinski definition) is 2. The molecule has 0 aromatic rings. The summed E-state index contributed by atoms with van der Waals surface area (Å²) in [5.74, 6) is 4.99. The van der Waals surface area contributed by atoms with Gasteiger partial charge in [-0.1, -0.05) is 85.8 Å². The van der Waals surface area contributed by atoms with Gasteiger partial charge >= 0.3 is 0 Å². The number of nitrogens with two attached hydrogens (primary N) is 2. The first kappa shape index (κ1) is 23.9.